The van der Waals surface area contributed by atoms with Crippen LogP contribution in [-0.2, 0) is 0 Å². The Morgan fingerprint density at radius 2 is 0.975 bits per heavy atom. The summed E-state index contributed by atoms with van der Waals surface area (Å²) >= 11 is 0. The van der Waals surface area contributed by atoms with Gasteiger partial charge < -0.3 is 15.1 Å². The fraction of sp³-hybridized carbons (Fsp3) is 0.0294. The second-order valence-electron chi connectivity index (χ2n) is 9.45. The number of aliphatic hydroxyl groups excluding tert-OH is 1. The van der Waals surface area contributed by atoms with E-state index in [1.807, 2.05) is 54.6 Å². The number of rotatable bonds is 3. The molecule has 1 atom stereocenters. The quantitative estimate of drug-likeness (QED) is 0.213. The highest BCUT2D eigenvalue weighted by Gasteiger charge is 2.18. The lowest BCUT2D eigenvalue weighted by molar-refractivity contribution is 0.0747. The summed E-state index contributed by atoms with van der Waals surface area (Å²) in [6.07, 6.45) is 6.97. The molecule has 2 aliphatic heterocycles. The second-order valence-corrected chi connectivity index (χ2v) is 9.45. The highest BCUT2D eigenvalue weighted by atomic mass is 16.3. The Hall–Kier alpha value is -5.33. The first-order chi connectivity index (χ1) is 19.6. The molecule has 7 rings (SSSR count). The molecule has 5 heterocycles. The smallest absolute Gasteiger partial charge is 0.195 e. The molecule has 3 aromatic heterocycles. The summed E-state index contributed by atoms with van der Waals surface area (Å²) in [6.45, 7) is 0. The summed E-state index contributed by atoms with van der Waals surface area (Å²) in [5, 5.41) is 9.89. The molecule has 6 heteroatoms. The third-order valence-electron chi connectivity index (χ3n) is 6.46. The van der Waals surface area contributed by atoms with Gasteiger partial charge in [-0.1, -0.05) is 60.7 Å². The number of ketones is 1. The standard InChI is InChI=1S/C20H14N4.C14H12O2/c1-2-14-10-16-5-6-18(23-16)12-20-8-7-19(24-20)11-17-4-3-15(22-17)9-13(1)21-14;15-13(11-7-3-1-4-8-11)14(16)12-9-5-2-6-10-12/h1-12,21-22H;1-10,13,15H. The Kier molecular flexibility index (Phi) is 6.99. The Morgan fingerprint density at radius 1 is 0.550 bits per heavy atom. The number of Topliss-reactive ketones (excluding diaryl/α,β-unsaturated/α-hetero) is 1. The normalized spacial score (nSPS) is 12.4. The number of aliphatic hydroxyl groups is 1. The van der Waals surface area contributed by atoms with Crippen LogP contribution in [0.2, 0.25) is 0 Å². The molecule has 0 saturated carbocycles. The van der Waals surface area contributed by atoms with Crippen LogP contribution >= 0.6 is 0 Å². The maximum absolute atomic E-state index is 11.9. The number of carbonyl (C=O) groups excluding carboxylic acids is 1. The number of fused-ring (bicyclic) bond motifs is 8. The molecule has 8 bridgehead atoms. The summed E-state index contributed by atoms with van der Waals surface area (Å²) in [4.78, 5) is 27.9. The number of H-pyrrole nitrogens is 2. The van der Waals surface area contributed by atoms with E-state index >= 15 is 0 Å². The summed E-state index contributed by atoms with van der Waals surface area (Å²) in [5.74, 6) is -0.271. The van der Waals surface area contributed by atoms with Gasteiger partial charge in [0.25, 0.3) is 0 Å². The zero-order valence-electron chi connectivity index (χ0n) is 21.5. The van der Waals surface area contributed by atoms with Crippen molar-refractivity contribution < 1.29 is 9.90 Å². The molecule has 5 aromatic rings. The molecule has 6 nitrogen and oxygen atoms in total. The summed E-state index contributed by atoms with van der Waals surface area (Å²) in [6, 6.07) is 34.2. The van der Waals surface area contributed by atoms with Crippen molar-refractivity contribution in [2.75, 3.05) is 0 Å². The van der Waals surface area contributed by atoms with Crippen LogP contribution in [0.25, 0.3) is 46.4 Å². The van der Waals surface area contributed by atoms with E-state index < -0.39 is 6.10 Å². The molecule has 0 amide bonds. The van der Waals surface area contributed by atoms with Gasteiger partial charge in [0, 0.05) is 27.6 Å². The number of carbonyl (C=O) groups is 1. The second kappa shape index (κ2) is 11.2. The number of nitrogens with zero attached hydrogens (tertiary/aromatic N) is 2. The number of aromatic amines is 2. The predicted octanol–water partition coefficient (Wildman–Crippen LogP) is 7.26. The zero-order valence-corrected chi connectivity index (χ0v) is 21.5. The average Bonchev–Trinajstić information content (AvgIpc) is 3.80. The van der Waals surface area contributed by atoms with Crippen LogP contribution in [0, 0.1) is 0 Å². The summed E-state index contributed by atoms with van der Waals surface area (Å²) in [7, 11) is 0. The van der Waals surface area contributed by atoms with Gasteiger partial charge in [-0.2, -0.15) is 0 Å². The SMILES string of the molecule is C1=Cc2cc3ccc(cc4ccc(cc5nc(cc1n2)C=C5)[nH]4)[nH]3.O=C(c1ccccc1)C(O)c1ccccc1. The van der Waals surface area contributed by atoms with E-state index in [0.717, 1.165) is 44.8 Å². The number of hydrogen-bond donors (Lipinski definition) is 3. The van der Waals surface area contributed by atoms with Crippen molar-refractivity contribution in [3.8, 4) is 0 Å². The number of benzene rings is 2. The van der Waals surface area contributed by atoms with Crippen LogP contribution in [0.3, 0.4) is 0 Å². The lowest BCUT2D eigenvalue weighted by Crippen LogP contribution is -2.11. The van der Waals surface area contributed by atoms with E-state index in [2.05, 4.69) is 50.3 Å². The van der Waals surface area contributed by atoms with Crippen molar-refractivity contribution in [1.29, 1.82) is 0 Å². The van der Waals surface area contributed by atoms with Gasteiger partial charge >= 0.3 is 0 Å². The van der Waals surface area contributed by atoms with Crippen molar-refractivity contribution in [3.63, 3.8) is 0 Å². The molecular formula is C34H26N4O2. The zero-order chi connectivity index (χ0) is 27.3. The molecule has 0 aliphatic carbocycles. The van der Waals surface area contributed by atoms with Gasteiger partial charge in [-0.15, -0.1) is 0 Å². The van der Waals surface area contributed by atoms with Crippen LogP contribution in [0.1, 0.15) is 44.8 Å². The van der Waals surface area contributed by atoms with Gasteiger partial charge in [0.15, 0.2) is 5.78 Å². The molecule has 40 heavy (non-hydrogen) atoms. The van der Waals surface area contributed by atoms with E-state index in [4.69, 9.17) is 0 Å². The lowest BCUT2D eigenvalue weighted by Gasteiger charge is -2.09. The molecule has 194 valence electrons. The van der Waals surface area contributed by atoms with Gasteiger partial charge in [0.2, 0.25) is 0 Å². The first-order valence-electron chi connectivity index (χ1n) is 13.0. The molecule has 0 spiro atoms. The Morgan fingerprint density at radius 3 is 1.48 bits per heavy atom. The van der Waals surface area contributed by atoms with Gasteiger partial charge in [-0.25, -0.2) is 9.97 Å². The fourth-order valence-electron chi connectivity index (χ4n) is 4.49. The third-order valence-corrected chi connectivity index (χ3v) is 6.46. The molecule has 0 fully saturated rings. The van der Waals surface area contributed by atoms with Crippen molar-refractivity contribution in [2.45, 2.75) is 6.10 Å². The lowest BCUT2D eigenvalue weighted by atomic mass is 10.0. The molecule has 1 unspecified atom stereocenters. The monoisotopic (exact) mass is 522 g/mol. The van der Waals surface area contributed by atoms with Crippen molar-refractivity contribution in [1.82, 2.24) is 19.9 Å². The minimum absolute atomic E-state index is 0.271. The van der Waals surface area contributed by atoms with Gasteiger partial charge in [0.1, 0.15) is 6.10 Å². The van der Waals surface area contributed by atoms with Crippen LogP contribution in [-0.4, -0.2) is 30.8 Å². The van der Waals surface area contributed by atoms with Crippen LogP contribution in [0.4, 0.5) is 0 Å². The van der Waals surface area contributed by atoms with Gasteiger partial charge in [-0.3, -0.25) is 4.79 Å². The topological polar surface area (TPSA) is 94.7 Å². The van der Waals surface area contributed by atoms with Crippen LogP contribution in [0.5, 0.6) is 0 Å². The van der Waals surface area contributed by atoms with Crippen LogP contribution < -0.4 is 0 Å². The van der Waals surface area contributed by atoms with E-state index in [1.54, 1.807) is 48.5 Å². The Balaban J connectivity index is 0.000000158. The fourth-order valence-corrected chi connectivity index (χ4v) is 4.49. The van der Waals surface area contributed by atoms with E-state index in [9.17, 15) is 9.90 Å². The van der Waals surface area contributed by atoms with E-state index in [-0.39, 0.29) is 5.78 Å². The van der Waals surface area contributed by atoms with Gasteiger partial charge in [0.05, 0.1) is 22.8 Å². The van der Waals surface area contributed by atoms with E-state index in [1.165, 1.54) is 0 Å². The van der Waals surface area contributed by atoms with Crippen molar-refractivity contribution in [3.05, 3.63) is 143 Å². The van der Waals surface area contributed by atoms with Crippen molar-refractivity contribution in [2.24, 2.45) is 0 Å². The molecular weight excluding hydrogens is 496 g/mol. The highest BCUT2D eigenvalue weighted by molar-refractivity contribution is 5.99. The number of aromatic nitrogens is 4. The third kappa shape index (κ3) is 5.88. The summed E-state index contributed by atoms with van der Waals surface area (Å²) < 4.78 is 0. The Labute approximate surface area is 231 Å². The minimum atomic E-state index is -1.08. The average molecular weight is 523 g/mol. The number of nitrogens with one attached hydrogen (secondary N) is 2. The first-order valence-corrected chi connectivity index (χ1v) is 13.0. The molecule has 2 aliphatic rings. The predicted molar refractivity (Wildman–Crippen MR) is 161 cm³/mol. The largest absolute Gasteiger partial charge is 0.380 e. The molecule has 2 aromatic carbocycles. The molecule has 0 saturated heterocycles. The maximum Gasteiger partial charge on any atom is 0.195 e. The molecule has 0 radical (unpaired) electrons. The Bertz CT molecular complexity index is 1790. The van der Waals surface area contributed by atoms with Gasteiger partial charge in [-0.05, 0) is 78.4 Å². The maximum atomic E-state index is 11.9. The molecule has 3 N–H and O–H groups in total. The number of hydrogen-bond acceptors (Lipinski definition) is 4. The summed E-state index contributed by atoms with van der Waals surface area (Å²) in [5.41, 5.74) is 9.01. The first kappa shape index (κ1) is 25.0. The van der Waals surface area contributed by atoms with Crippen LogP contribution in [0.15, 0.2) is 109 Å². The highest BCUT2D eigenvalue weighted by Crippen LogP contribution is 2.19. The van der Waals surface area contributed by atoms with Crippen molar-refractivity contribution >= 4 is 52.2 Å². The van der Waals surface area contributed by atoms with E-state index in [0.29, 0.717) is 11.1 Å². The minimum Gasteiger partial charge on any atom is -0.380 e.